The number of aromatic nitrogens is 7. The minimum absolute atomic E-state index is 0.0909. The monoisotopic (exact) mass is 436 g/mol. The molecular formula is C21H24N8OS. The first-order chi connectivity index (χ1) is 15.0. The van der Waals surface area contributed by atoms with Crippen LogP contribution in [0.3, 0.4) is 0 Å². The number of nitrogen functional groups attached to an aromatic ring is 1. The molecule has 4 aromatic heterocycles. The highest BCUT2D eigenvalue weighted by Gasteiger charge is 2.36. The van der Waals surface area contributed by atoms with Gasteiger partial charge in [0.25, 0.3) is 0 Å². The molecule has 4 aromatic rings. The molecule has 1 aliphatic carbocycles. The summed E-state index contributed by atoms with van der Waals surface area (Å²) in [6.07, 6.45) is 7.55. The lowest BCUT2D eigenvalue weighted by Gasteiger charge is -2.07. The van der Waals surface area contributed by atoms with Crippen LogP contribution >= 0.6 is 11.8 Å². The van der Waals surface area contributed by atoms with Gasteiger partial charge < -0.3 is 10.3 Å². The van der Waals surface area contributed by atoms with Crippen molar-refractivity contribution >= 4 is 28.6 Å². The maximum absolute atomic E-state index is 6.26. The summed E-state index contributed by atoms with van der Waals surface area (Å²) >= 11 is 1.75. The number of hydrogen-bond acceptors (Lipinski definition) is 9. The normalized spacial score (nSPS) is 14.1. The van der Waals surface area contributed by atoms with E-state index >= 15 is 0 Å². The summed E-state index contributed by atoms with van der Waals surface area (Å²) in [5.41, 5.74) is 11.0. The zero-order chi connectivity index (χ0) is 21.7. The maximum atomic E-state index is 6.26. The highest BCUT2D eigenvalue weighted by Crippen LogP contribution is 2.47. The number of thioether (sulfide) groups is 1. The Morgan fingerprint density at radius 1 is 1.23 bits per heavy atom. The lowest BCUT2D eigenvalue weighted by atomic mass is 10.1. The number of nitrogens with zero attached hydrogens (tertiary/aromatic N) is 7. The van der Waals surface area contributed by atoms with Gasteiger partial charge in [-0.25, -0.2) is 24.6 Å². The first-order valence-electron chi connectivity index (χ1n) is 10.3. The summed E-state index contributed by atoms with van der Waals surface area (Å²) in [4.78, 5) is 18.1. The van der Waals surface area contributed by atoms with Gasteiger partial charge in [-0.1, -0.05) is 5.16 Å². The zero-order valence-corrected chi connectivity index (χ0v) is 18.8. The summed E-state index contributed by atoms with van der Waals surface area (Å²) < 4.78 is 7.68. The largest absolute Gasteiger partial charge is 0.383 e. The molecule has 1 saturated carbocycles. The molecule has 0 aromatic carbocycles. The zero-order valence-electron chi connectivity index (χ0n) is 18.0. The van der Waals surface area contributed by atoms with E-state index in [9.17, 15) is 0 Å². The van der Waals surface area contributed by atoms with E-state index in [2.05, 4.69) is 26.4 Å². The number of fused-ring (bicyclic) bond motifs is 1. The lowest BCUT2D eigenvalue weighted by Crippen LogP contribution is -2.04. The standard InChI is InChI=1S/C21H24N8OS/c1-10(2)29-21-15(19(22)24-9-25-21)16(27-29)17-14(18(30-28-17)12-5-6-12)20-23-7-13(8-31-4)11(3)26-20/h7,9-10,12H,5-6,8H2,1-4H3,(H2,22,24,25). The number of anilines is 1. The smallest absolute Gasteiger partial charge is 0.165 e. The lowest BCUT2D eigenvalue weighted by molar-refractivity contribution is 0.386. The molecule has 0 spiro atoms. The van der Waals surface area contributed by atoms with Crippen molar-refractivity contribution in [1.82, 2.24) is 34.9 Å². The predicted molar refractivity (Wildman–Crippen MR) is 121 cm³/mol. The molecule has 160 valence electrons. The van der Waals surface area contributed by atoms with E-state index in [0.29, 0.717) is 40.0 Å². The maximum Gasteiger partial charge on any atom is 0.165 e. The van der Waals surface area contributed by atoms with Gasteiger partial charge in [0.05, 0.1) is 10.9 Å². The fourth-order valence-electron chi connectivity index (χ4n) is 3.74. The average molecular weight is 437 g/mol. The van der Waals surface area contributed by atoms with Gasteiger partial charge >= 0.3 is 0 Å². The molecule has 0 radical (unpaired) electrons. The Morgan fingerprint density at radius 3 is 2.71 bits per heavy atom. The van der Waals surface area contributed by atoms with Gasteiger partial charge in [-0.15, -0.1) is 0 Å². The molecule has 0 amide bonds. The molecule has 10 heteroatoms. The summed E-state index contributed by atoms with van der Waals surface area (Å²) in [5.74, 6) is 2.98. The van der Waals surface area contributed by atoms with Crippen molar-refractivity contribution in [3.8, 4) is 22.8 Å². The first kappa shape index (κ1) is 19.9. The second-order valence-corrected chi connectivity index (χ2v) is 8.99. The summed E-state index contributed by atoms with van der Waals surface area (Å²) in [6.45, 7) is 6.10. The SMILES string of the molecule is CSCc1cnc(-c2c(-c3nn(C(C)C)c4ncnc(N)c34)noc2C2CC2)nc1C. The third kappa shape index (κ3) is 3.34. The van der Waals surface area contributed by atoms with Crippen LogP contribution in [0.2, 0.25) is 0 Å². The van der Waals surface area contributed by atoms with E-state index < -0.39 is 0 Å². The number of hydrogen-bond donors (Lipinski definition) is 1. The number of aryl methyl sites for hydroxylation is 1. The van der Waals surface area contributed by atoms with Crippen LogP contribution in [0.5, 0.6) is 0 Å². The molecule has 9 nitrogen and oxygen atoms in total. The van der Waals surface area contributed by atoms with Crippen LogP contribution in [0.1, 0.15) is 55.7 Å². The minimum Gasteiger partial charge on any atom is -0.383 e. The van der Waals surface area contributed by atoms with Gasteiger partial charge in [-0.2, -0.15) is 16.9 Å². The Hall–Kier alpha value is -3.01. The van der Waals surface area contributed by atoms with Crippen molar-refractivity contribution in [3.05, 3.63) is 29.5 Å². The van der Waals surface area contributed by atoms with E-state index in [1.807, 2.05) is 31.6 Å². The Balaban J connectivity index is 1.75. The summed E-state index contributed by atoms with van der Waals surface area (Å²) in [7, 11) is 0. The number of nitrogens with two attached hydrogens (primary N) is 1. The van der Waals surface area contributed by atoms with Crippen molar-refractivity contribution in [1.29, 1.82) is 0 Å². The van der Waals surface area contributed by atoms with Gasteiger partial charge in [-0.3, -0.25) is 0 Å². The van der Waals surface area contributed by atoms with Crippen LogP contribution in [-0.2, 0) is 5.75 Å². The molecule has 31 heavy (non-hydrogen) atoms. The van der Waals surface area contributed by atoms with Crippen molar-refractivity contribution in [3.63, 3.8) is 0 Å². The molecule has 0 atom stereocenters. The molecule has 2 N–H and O–H groups in total. The van der Waals surface area contributed by atoms with Gasteiger partial charge in [0.15, 0.2) is 17.2 Å². The van der Waals surface area contributed by atoms with E-state index in [1.54, 1.807) is 11.8 Å². The first-order valence-corrected chi connectivity index (χ1v) is 11.7. The Bertz CT molecular complexity index is 1270. The summed E-state index contributed by atoms with van der Waals surface area (Å²) in [5, 5.41) is 9.92. The van der Waals surface area contributed by atoms with Crippen LogP contribution in [0.25, 0.3) is 33.8 Å². The Labute approximate surface area is 183 Å². The molecule has 0 aliphatic heterocycles. The fourth-order valence-corrected chi connectivity index (χ4v) is 4.33. The van der Waals surface area contributed by atoms with Gasteiger partial charge in [0.1, 0.15) is 23.5 Å². The van der Waals surface area contributed by atoms with Crippen molar-refractivity contribution in [2.75, 3.05) is 12.0 Å². The van der Waals surface area contributed by atoms with Crippen LogP contribution < -0.4 is 5.73 Å². The molecule has 1 aliphatic rings. The van der Waals surface area contributed by atoms with Gasteiger partial charge in [0.2, 0.25) is 0 Å². The Morgan fingerprint density at radius 2 is 2.03 bits per heavy atom. The molecule has 0 unspecified atom stereocenters. The van der Waals surface area contributed by atoms with Gasteiger partial charge in [0, 0.05) is 35.2 Å². The van der Waals surface area contributed by atoms with Crippen LogP contribution in [-0.4, -0.2) is 41.1 Å². The third-order valence-electron chi connectivity index (χ3n) is 5.50. The van der Waals surface area contributed by atoms with Crippen molar-refractivity contribution < 1.29 is 4.52 Å². The van der Waals surface area contributed by atoms with E-state index in [-0.39, 0.29) is 6.04 Å². The molecule has 1 fully saturated rings. The molecular weight excluding hydrogens is 412 g/mol. The quantitative estimate of drug-likeness (QED) is 0.475. The minimum atomic E-state index is 0.0909. The van der Waals surface area contributed by atoms with Gasteiger partial charge in [-0.05, 0) is 39.9 Å². The van der Waals surface area contributed by atoms with Crippen molar-refractivity contribution in [2.24, 2.45) is 0 Å². The highest BCUT2D eigenvalue weighted by molar-refractivity contribution is 7.97. The Kier molecular flexibility index (Phi) is 4.88. The number of rotatable bonds is 6. The second-order valence-electron chi connectivity index (χ2n) is 8.13. The van der Waals surface area contributed by atoms with Crippen molar-refractivity contribution in [2.45, 2.75) is 51.3 Å². The summed E-state index contributed by atoms with van der Waals surface area (Å²) in [6, 6.07) is 0.0909. The van der Waals surface area contributed by atoms with E-state index in [4.69, 9.17) is 20.3 Å². The van der Waals surface area contributed by atoms with Crippen LogP contribution in [0.15, 0.2) is 17.0 Å². The molecule has 0 bridgehead atoms. The second kappa shape index (κ2) is 7.60. The van der Waals surface area contributed by atoms with Crippen LogP contribution in [0, 0.1) is 6.92 Å². The fraction of sp³-hybridized carbons (Fsp3) is 0.429. The molecule has 5 rings (SSSR count). The third-order valence-corrected chi connectivity index (χ3v) is 6.10. The highest BCUT2D eigenvalue weighted by atomic mass is 32.2. The topological polar surface area (TPSA) is 121 Å². The van der Waals surface area contributed by atoms with Crippen LogP contribution in [0.4, 0.5) is 5.82 Å². The molecule has 4 heterocycles. The average Bonchev–Trinajstić information content (AvgIpc) is 3.36. The van der Waals surface area contributed by atoms with E-state index in [0.717, 1.165) is 41.2 Å². The van der Waals surface area contributed by atoms with E-state index in [1.165, 1.54) is 6.33 Å². The molecule has 0 saturated heterocycles. The predicted octanol–water partition coefficient (Wildman–Crippen LogP) is 4.15.